The second-order valence-electron chi connectivity index (χ2n) is 5.12. The zero-order valence-corrected chi connectivity index (χ0v) is 11.8. The van der Waals surface area contributed by atoms with Gasteiger partial charge in [0.15, 0.2) is 0 Å². The predicted octanol–water partition coefficient (Wildman–Crippen LogP) is 4.62. The fourth-order valence-electron chi connectivity index (χ4n) is 2.12. The highest BCUT2D eigenvalue weighted by molar-refractivity contribution is 5.43. The van der Waals surface area contributed by atoms with E-state index in [0.717, 1.165) is 17.1 Å². The first-order valence-corrected chi connectivity index (χ1v) is 6.71. The van der Waals surface area contributed by atoms with Crippen LogP contribution in [0.3, 0.4) is 0 Å². The second-order valence-corrected chi connectivity index (χ2v) is 5.12. The molecule has 0 radical (unpaired) electrons. The van der Waals surface area contributed by atoms with Crippen molar-refractivity contribution in [2.45, 2.75) is 32.7 Å². The molecule has 0 aliphatic heterocycles. The molecule has 1 atom stereocenters. The number of hydrogen-bond donors (Lipinski definition) is 1. The van der Waals surface area contributed by atoms with E-state index in [0.29, 0.717) is 5.92 Å². The van der Waals surface area contributed by atoms with Crippen LogP contribution in [0.15, 0.2) is 48.5 Å². The van der Waals surface area contributed by atoms with Gasteiger partial charge in [-0.3, -0.25) is 0 Å². The van der Waals surface area contributed by atoms with Gasteiger partial charge in [0.05, 0.1) is 0 Å². The van der Waals surface area contributed by atoms with Crippen LogP contribution in [0.2, 0.25) is 0 Å². The normalized spacial score (nSPS) is 12.5. The Morgan fingerprint density at radius 2 is 1.26 bits per heavy atom. The smallest absolute Gasteiger partial charge is 0.132 e. The second kappa shape index (κ2) is 5.89. The van der Waals surface area contributed by atoms with Gasteiger partial charge in [-0.15, -0.1) is 0 Å². The van der Waals surface area contributed by atoms with Gasteiger partial charge >= 0.3 is 0 Å². The number of benzene rings is 2. The minimum absolute atomic E-state index is 0.0394. The van der Waals surface area contributed by atoms with Crippen molar-refractivity contribution in [1.82, 2.24) is 0 Å². The number of nitrogens with two attached hydrogens (primary N) is 1. The van der Waals surface area contributed by atoms with Crippen molar-refractivity contribution in [2.75, 3.05) is 0 Å². The van der Waals surface area contributed by atoms with Crippen LogP contribution in [0.1, 0.15) is 43.9 Å². The van der Waals surface area contributed by atoms with E-state index < -0.39 is 0 Å². The van der Waals surface area contributed by atoms with Gasteiger partial charge in [-0.05, 0) is 30.5 Å². The van der Waals surface area contributed by atoms with Crippen molar-refractivity contribution in [3.8, 4) is 11.5 Å². The third kappa shape index (κ3) is 3.15. The lowest BCUT2D eigenvalue weighted by Gasteiger charge is -2.17. The topological polar surface area (TPSA) is 35.2 Å². The molecular weight excluding hydrogens is 234 g/mol. The van der Waals surface area contributed by atoms with Crippen molar-refractivity contribution in [1.29, 1.82) is 0 Å². The van der Waals surface area contributed by atoms with Crippen LogP contribution in [0.25, 0.3) is 0 Å². The van der Waals surface area contributed by atoms with Gasteiger partial charge in [0, 0.05) is 11.6 Å². The maximum absolute atomic E-state index is 6.08. The Balaban J connectivity index is 2.37. The van der Waals surface area contributed by atoms with E-state index in [1.807, 2.05) is 49.4 Å². The van der Waals surface area contributed by atoms with Gasteiger partial charge < -0.3 is 10.5 Å². The minimum atomic E-state index is -0.0394. The zero-order valence-electron chi connectivity index (χ0n) is 11.8. The molecule has 0 saturated carbocycles. The summed E-state index contributed by atoms with van der Waals surface area (Å²) in [5.41, 5.74) is 8.22. The fourth-order valence-corrected chi connectivity index (χ4v) is 2.12. The summed E-state index contributed by atoms with van der Waals surface area (Å²) in [5, 5.41) is 0. The predicted molar refractivity (Wildman–Crippen MR) is 79.6 cm³/mol. The Hall–Kier alpha value is -1.80. The van der Waals surface area contributed by atoms with Crippen LogP contribution >= 0.6 is 0 Å². The molecular formula is C17H21NO. The molecule has 2 aromatic carbocycles. The highest BCUT2D eigenvalue weighted by Crippen LogP contribution is 2.33. The number of para-hydroxylation sites is 2. The summed E-state index contributed by atoms with van der Waals surface area (Å²) < 4.78 is 6.08. The Kier molecular flexibility index (Phi) is 4.23. The lowest BCUT2D eigenvalue weighted by atomic mass is 10.0. The van der Waals surface area contributed by atoms with E-state index >= 15 is 0 Å². The van der Waals surface area contributed by atoms with Gasteiger partial charge in [-0.2, -0.15) is 0 Å². The molecule has 0 aliphatic carbocycles. The largest absolute Gasteiger partial charge is 0.457 e. The first-order valence-electron chi connectivity index (χ1n) is 6.71. The summed E-state index contributed by atoms with van der Waals surface area (Å²) in [6.45, 7) is 6.30. The summed E-state index contributed by atoms with van der Waals surface area (Å²) in [4.78, 5) is 0. The van der Waals surface area contributed by atoms with Crippen LogP contribution in [0, 0.1) is 0 Å². The quantitative estimate of drug-likeness (QED) is 0.865. The van der Waals surface area contributed by atoms with E-state index in [2.05, 4.69) is 19.9 Å². The van der Waals surface area contributed by atoms with Crippen molar-refractivity contribution >= 4 is 0 Å². The average molecular weight is 255 g/mol. The monoisotopic (exact) mass is 255 g/mol. The van der Waals surface area contributed by atoms with Crippen LogP contribution in [-0.4, -0.2) is 0 Å². The van der Waals surface area contributed by atoms with E-state index in [9.17, 15) is 0 Å². The maximum atomic E-state index is 6.08. The Morgan fingerprint density at radius 3 is 1.79 bits per heavy atom. The third-order valence-corrected chi connectivity index (χ3v) is 3.17. The van der Waals surface area contributed by atoms with Gasteiger partial charge in [0.25, 0.3) is 0 Å². The minimum Gasteiger partial charge on any atom is -0.457 e. The van der Waals surface area contributed by atoms with Gasteiger partial charge in [0.1, 0.15) is 11.5 Å². The zero-order chi connectivity index (χ0) is 13.8. The fraction of sp³-hybridized carbons (Fsp3) is 0.294. The molecule has 0 fully saturated rings. The van der Waals surface area contributed by atoms with Crippen molar-refractivity contribution in [3.05, 3.63) is 59.7 Å². The molecule has 2 nitrogen and oxygen atoms in total. The molecule has 0 spiro atoms. The summed E-state index contributed by atoms with van der Waals surface area (Å²) in [7, 11) is 0. The molecule has 19 heavy (non-hydrogen) atoms. The maximum Gasteiger partial charge on any atom is 0.132 e. The Labute approximate surface area is 115 Å². The number of ether oxygens (including phenoxy) is 1. The third-order valence-electron chi connectivity index (χ3n) is 3.17. The van der Waals surface area contributed by atoms with Crippen molar-refractivity contribution in [3.63, 3.8) is 0 Å². The van der Waals surface area contributed by atoms with E-state index in [1.54, 1.807) is 0 Å². The lowest BCUT2D eigenvalue weighted by molar-refractivity contribution is 0.463. The van der Waals surface area contributed by atoms with Crippen LogP contribution < -0.4 is 10.5 Å². The first kappa shape index (κ1) is 13.6. The lowest BCUT2D eigenvalue weighted by Crippen LogP contribution is -2.06. The molecule has 2 heteroatoms. The van der Waals surface area contributed by atoms with Crippen LogP contribution in [0.4, 0.5) is 0 Å². The highest BCUT2D eigenvalue weighted by atomic mass is 16.5. The van der Waals surface area contributed by atoms with Gasteiger partial charge in [0.2, 0.25) is 0 Å². The molecule has 0 aromatic heterocycles. The Morgan fingerprint density at radius 1 is 0.789 bits per heavy atom. The summed E-state index contributed by atoms with van der Waals surface area (Å²) >= 11 is 0. The molecule has 1 unspecified atom stereocenters. The number of hydrogen-bond acceptors (Lipinski definition) is 2. The molecule has 2 rings (SSSR count). The SMILES string of the molecule is CC(C)c1ccccc1Oc1ccccc1C(C)N. The molecule has 2 N–H and O–H groups in total. The average Bonchev–Trinajstić information content (AvgIpc) is 2.39. The molecule has 0 heterocycles. The van der Waals surface area contributed by atoms with Gasteiger partial charge in [-0.1, -0.05) is 50.2 Å². The summed E-state index contributed by atoms with van der Waals surface area (Å²) in [6.07, 6.45) is 0. The molecule has 0 amide bonds. The standard InChI is InChI=1S/C17H21NO/c1-12(2)14-8-4-6-10-16(14)19-17-11-7-5-9-15(17)13(3)18/h4-13H,18H2,1-3H3. The summed E-state index contributed by atoms with van der Waals surface area (Å²) in [6, 6.07) is 16.0. The molecule has 0 bridgehead atoms. The van der Waals surface area contributed by atoms with E-state index in [-0.39, 0.29) is 6.04 Å². The molecule has 0 saturated heterocycles. The van der Waals surface area contributed by atoms with E-state index in [1.165, 1.54) is 5.56 Å². The summed E-state index contributed by atoms with van der Waals surface area (Å²) in [5.74, 6) is 2.18. The van der Waals surface area contributed by atoms with Crippen molar-refractivity contribution < 1.29 is 4.74 Å². The molecule has 2 aromatic rings. The molecule has 100 valence electrons. The first-order chi connectivity index (χ1) is 9.09. The molecule has 0 aliphatic rings. The Bertz CT molecular complexity index is 497. The van der Waals surface area contributed by atoms with Crippen LogP contribution in [-0.2, 0) is 0 Å². The number of rotatable bonds is 4. The van der Waals surface area contributed by atoms with E-state index in [4.69, 9.17) is 10.5 Å². The van der Waals surface area contributed by atoms with Crippen LogP contribution in [0.5, 0.6) is 11.5 Å². The van der Waals surface area contributed by atoms with Crippen molar-refractivity contribution in [2.24, 2.45) is 5.73 Å². The van der Waals surface area contributed by atoms with Gasteiger partial charge in [-0.25, -0.2) is 0 Å². The highest BCUT2D eigenvalue weighted by Gasteiger charge is 2.11.